The Morgan fingerprint density at radius 2 is 1.95 bits per heavy atom. The largest absolute Gasteiger partial charge is 0.494 e. The first-order chi connectivity index (χ1) is 8.92. The maximum absolute atomic E-state index is 13.8. The molecule has 2 atom stereocenters. The van der Waals surface area contributed by atoms with Gasteiger partial charge in [0.1, 0.15) is 0 Å². The van der Waals surface area contributed by atoms with Crippen LogP contribution in [0.3, 0.4) is 0 Å². The van der Waals surface area contributed by atoms with Crippen molar-refractivity contribution in [3.8, 4) is 5.75 Å². The van der Waals surface area contributed by atoms with Gasteiger partial charge in [0, 0.05) is 18.6 Å². The molecule has 2 unspecified atom stereocenters. The van der Waals surface area contributed by atoms with E-state index in [0.717, 1.165) is 5.56 Å². The number of hydrogen-bond donors (Lipinski definition) is 1. The zero-order chi connectivity index (χ0) is 14.6. The molecule has 0 aliphatic heterocycles. The first-order valence-electron chi connectivity index (χ1n) is 6.53. The molecule has 4 heteroatoms. The number of nitrogens with zero attached hydrogens (tertiary/aromatic N) is 1. The molecule has 1 aromatic carbocycles. The molecule has 0 aromatic heterocycles. The summed E-state index contributed by atoms with van der Waals surface area (Å²) in [5, 5.41) is 9.60. The summed E-state index contributed by atoms with van der Waals surface area (Å²) in [7, 11) is 5.34. The van der Waals surface area contributed by atoms with Crippen molar-refractivity contribution in [2.24, 2.45) is 11.8 Å². The lowest BCUT2D eigenvalue weighted by Crippen LogP contribution is -2.32. The number of benzene rings is 1. The standard InChI is InChI=1S/C15H24FNO2/c1-10(2)12(9-18)15(17(3)4)11-6-7-14(19-5)13(16)8-11/h6-8,10,12,15,18H,9H2,1-5H3. The smallest absolute Gasteiger partial charge is 0.165 e. The highest BCUT2D eigenvalue weighted by molar-refractivity contribution is 5.31. The van der Waals surface area contributed by atoms with Crippen LogP contribution in [0.1, 0.15) is 25.5 Å². The van der Waals surface area contributed by atoms with Crippen LogP contribution in [0.5, 0.6) is 5.75 Å². The maximum Gasteiger partial charge on any atom is 0.165 e. The monoisotopic (exact) mass is 269 g/mol. The normalized spacial score (nSPS) is 14.8. The fraction of sp³-hybridized carbons (Fsp3) is 0.600. The SMILES string of the molecule is COc1ccc(C(C(CO)C(C)C)N(C)C)cc1F. The molecule has 19 heavy (non-hydrogen) atoms. The van der Waals surface area contributed by atoms with Crippen LogP contribution in [0, 0.1) is 17.7 Å². The zero-order valence-corrected chi connectivity index (χ0v) is 12.4. The molecule has 108 valence electrons. The highest BCUT2D eigenvalue weighted by atomic mass is 19.1. The zero-order valence-electron chi connectivity index (χ0n) is 12.4. The first-order valence-corrected chi connectivity index (χ1v) is 6.53. The van der Waals surface area contributed by atoms with E-state index in [1.165, 1.54) is 13.2 Å². The van der Waals surface area contributed by atoms with Gasteiger partial charge in [-0.1, -0.05) is 19.9 Å². The van der Waals surface area contributed by atoms with Crippen LogP contribution in [0.4, 0.5) is 4.39 Å². The van der Waals surface area contributed by atoms with Crippen molar-refractivity contribution in [2.75, 3.05) is 27.8 Å². The summed E-state index contributed by atoms with van der Waals surface area (Å²) in [4.78, 5) is 2.02. The molecule has 0 aliphatic rings. The van der Waals surface area contributed by atoms with Gasteiger partial charge in [0.2, 0.25) is 0 Å². The van der Waals surface area contributed by atoms with Crippen LogP contribution in [-0.2, 0) is 0 Å². The number of ether oxygens (including phenoxy) is 1. The number of aliphatic hydroxyl groups excluding tert-OH is 1. The quantitative estimate of drug-likeness (QED) is 0.862. The van der Waals surface area contributed by atoms with E-state index in [0.29, 0.717) is 5.92 Å². The van der Waals surface area contributed by atoms with E-state index in [2.05, 4.69) is 13.8 Å². The Bertz CT molecular complexity index is 407. The molecule has 0 bridgehead atoms. The topological polar surface area (TPSA) is 32.7 Å². The minimum absolute atomic E-state index is 0.0228. The number of rotatable bonds is 6. The van der Waals surface area contributed by atoms with E-state index in [1.54, 1.807) is 6.07 Å². The van der Waals surface area contributed by atoms with Gasteiger partial charge in [-0.3, -0.25) is 0 Å². The Balaban J connectivity index is 3.15. The lowest BCUT2D eigenvalue weighted by Gasteiger charge is -2.34. The third-order valence-corrected chi connectivity index (χ3v) is 3.55. The summed E-state index contributed by atoms with van der Waals surface area (Å²) in [5.74, 6) is 0.240. The van der Waals surface area contributed by atoms with Crippen LogP contribution in [-0.4, -0.2) is 37.8 Å². The number of halogens is 1. The Morgan fingerprint density at radius 3 is 2.32 bits per heavy atom. The summed E-state index contributed by atoms with van der Waals surface area (Å²) in [6.45, 7) is 4.21. The second-order valence-corrected chi connectivity index (χ2v) is 5.39. The van der Waals surface area contributed by atoms with Gasteiger partial charge in [-0.15, -0.1) is 0 Å². The van der Waals surface area contributed by atoms with Gasteiger partial charge in [-0.05, 0) is 37.7 Å². The molecule has 3 nitrogen and oxygen atoms in total. The molecule has 0 aliphatic carbocycles. The van der Waals surface area contributed by atoms with Gasteiger partial charge in [0.15, 0.2) is 11.6 Å². The maximum atomic E-state index is 13.8. The van der Waals surface area contributed by atoms with E-state index in [4.69, 9.17) is 4.74 Å². The van der Waals surface area contributed by atoms with Gasteiger partial charge in [-0.25, -0.2) is 4.39 Å². The fourth-order valence-corrected chi connectivity index (χ4v) is 2.47. The summed E-state index contributed by atoms with van der Waals surface area (Å²) in [6, 6.07) is 4.97. The summed E-state index contributed by atoms with van der Waals surface area (Å²) in [6.07, 6.45) is 0. The van der Waals surface area contributed by atoms with Crippen LogP contribution >= 0.6 is 0 Å². The molecule has 0 saturated heterocycles. The lowest BCUT2D eigenvalue weighted by molar-refractivity contribution is 0.0999. The molecular weight excluding hydrogens is 245 g/mol. The lowest BCUT2D eigenvalue weighted by atomic mass is 9.84. The van der Waals surface area contributed by atoms with Crippen molar-refractivity contribution in [2.45, 2.75) is 19.9 Å². The van der Waals surface area contributed by atoms with E-state index < -0.39 is 0 Å². The van der Waals surface area contributed by atoms with Crippen LogP contribution in [0.25, 0.3) is 0 Å². The Morgan fingerprint density at radius 1 is 1.32 bits per heavy atom. The van der Waals surface area contributed by atoms with E-state index in [9.17, 15) is 9.50 Å². The number of hydrogen-bond acceptors (Lipinski definition) is 3. The average Bonchev–Trinajstić information content (AvgIpc) is 2.34. The van der Waals surface area contributed by atoms with E-state index in [-0.39, 0.29) is 30.1 Å². The molecule has 1 N–H and O–H groups in total. The summed E-state index contributed by atoms with van der Waals surface area (Å²) < 4.78 is 18.8. The van der Waals surface area contributed by atoms with Gasteiger partial charge in [-0.2, -0.15) is 0 Å². The molecule has 0 spiro atoms. The number of aliphatic hydroxyl groups is 1. The fourth-order valence-electron chi connectivity index (χ4n) is 2.47. The third kappa shape index (κ3) is 3.67. The second-order valence-electron chi connectivity index (χ2n) is 5.39. The van der Waals surface area contributed by atoms with Crippen molar-refractivity contribution in [3.05, 3.63) is 29.6 Å². The van der Waals surface area contributed by atoms with E-state index in [1.807, 2.05) is 25.1 Å². The van der Waals surface area contributed by atoms with Gasteiger partial charge < -0.3 is 14.7 Å². The van der Waals surface area contributed by atoms with Crippen molar-refractivity contribution in [1.82, 2.24) is 4.90 Å². The van der Waals surface area contributed by atoms with Crippen molar-refractivity contribution >= 4 is 0 Å². The Kier molecular flexibility index (Phi) is 5.76. The van der Waals surface area contributed by atoms with Crippen LogP contribution in [0.15, 0.2) is 18.2 Å². The van der Waals surface area contributed by atoms with E-state index >= 15 is 0 Å². The molecule has 1 rings (SSSR count). The molecule has 0 heterocycles. The van der Waals surface area contributed by atoms with Crippen molar-refractivity contribution in [1.29, 1.82) is 0 Å². The molecule has 0 amide bonds. The van der Waals surface area contributed by atoms with Gasteiger partial charge in [0.05, 0.1) is 7.11 Å². The molecule has 0 radical (unpaired) electrons. The minimum atomic E-state index is -0.368. The predicted octanol–water partition coefficient (Wildman–Crippen LogP) is 2.70. The third-order valence-electron chi connectivity index (χ3n) is 3.55. The highest BCUT2D eigenvalue weighted by Gasteiger charge is 2.27. The molecule has 0 saturated carbocycles. The minimum Gasteiger partial charge on any atom is -0.494 e. The van der Waals surface area contributed by atoms with Crippen molar-refractivity contribution < 1.29 is 14.2 Å². The summed E-state index contributed by atoms with van der Waals surface area (Å²) >= 11 is 0. The molecular formula is C15H24FNO2. The molecule has 0 fully saturated rings. The van der Waals surface area contributed by atoms with Crippen molar-refractivity contribution in [3.63, 3.8) is 0 Å². The van der Waals surface area contributed by atoms with Gasteiger partial charge in [0.25, 0.3) is 0 Å². The highest BCUT2D eigenvalue weighted by Crippen LogP contribution is 2.33. The average molecular weight is 269 g/mol. The van der Waals surface area contributed by atoms with Gasteiger partial charge >= 0.3 is 0 Å². The second kappa shape index (κ2) is 6.87. The number of methoxy groups -OCH3 is 1. The Labute approximate surface area is 115 Å². The predicted molar refractivity (Wildman–Crippen MR) is 74.8 cm³/mol. The first kappa shape index (κ1) is 15.9. The van der Waals surface area contributed by atoms with Crippen LogP contribution in [0.2, 0.25) is 0 Å². The van der Waals surface area contributed by atoms with Crippen LogP contribution < -0.4 is 4.74 Å². The molecule has 1 aromatic rings. The summed E-state index contributed by atoms with van der Waals surface area (Å²) in [5.41, 5.74) is 0.857. The Hall–Kier alpha value is -1.13.